The molecule has 0 saturated carbocycles. The summed E-state index contributed by atoms with van der Waals surface area (Å²) in [7, 11) is 0. The molecule has 0 fully saturated rings. The highest BCUT2D eigenvalue weighted by atomic mass is 35.5. The largest absolute Gasteiger partial charge is 0.331 e. The fourth-order valence-electron chi connectivity index (χ4n) is 2.57. The Morgan fingerprint density at radius 3 is 2.62 bits per heavy atom. The van der Waals surface area contributed by atoms with Crippen molar-refractivity contribution in [2.24, 2.45) is 0 Å². The third-order valence-electron chi connectivity index (χ3n) is 3.69. The van der Waals surface area contributed by atoms with E-state index in [4.69, 9.17) is 11.6 Å². The minimum Gasteiger partial charge on any atom is -0.331 e. The van der Waals surface area contributed by atoms with Gasteiger partial charge in [0.25, 0.3) is 5.91 Å². The lowest BCUT2D eigenvalue weighted by molar-refractivity contribution is 0.0696. The number of amides is 1. The van der Waals surface area contributed by atoms with Gasteiger partial charge in [-0.25, -0.2) is 0 Å². The predicted octanol–water partition coefficient (Wildman–Crippen LogP) is 3.22. The van der Waals surface area contributed by atoms with Crippen molar-refractivity contribution in [1.29, 1.82) is 0 Å². The third-order valence-corrected chi connectivity index (χ3v) is 4.02. The predicted molar refractivity (Wildman–Crippen MR) is 81.8 cm³/mol. The van der Waals surface area contributed by atoms with Crippen molar-refractivity contribution in [2.45, 2.75) is 6.42 Å². The highest BCUT2D eigenvalue weighted by molar-refractivity contribution is 6.34. The van der Waals surface area contributed by atoms with Crippen LogP contribution >= 0.6 is 11.6 Å². The molecule has 1 amide bonds. The van der Waals surface area contributed by atoms with E-state index in [1.54, 1.807) is 29.2 Å². The Hall–Kier alpha value is -2.13. The fourth-order valence-corrected chi connectivity index (χ4v) is 2.81. The molecule has 3 nitrogen and oxygen atoms in total. The summed E-state index contributed by atoms with van der Waals surface area (Å²) in [6.07, 6.45) is 0.776. The van der Waals surface area contributed by atoms with Crippen LogP contribution in [0.2, 0.25) is 5.02 Å². The quantitative estimate of drug-likeness (QED) is 0.816. The number of rotatable bonds is 3. The number of carbonyl (C=O) groups is 2. The van der Waals surface area contributed by atoms with E-state index >= 15 is 0 Å². The highest BCUT2D eigenvalue weighted by Gasteiger charge is 2.26. The molecule has 0 radical (unpaired) electrons. The first-order valence-corrected chi connectivity index (χ1v) is 7.19. The average molecular weight is 300 g/mol. The molecule has 0 atom stereocenters. The Kier molecular flexibility index (Phi) is 3.76. The number of benzene rings is 2. The first kappa shape index (κ1) is 13.8. The normalized spacial score (nSPS) is 14.0. The van der Waals surface area contributed by atoms with Crippen LogP contribution in [0.4, 0.5) is 0 Å². The molecule has 2 aromatic rings. The standard InChI is InChI=1S/C17H14ClNO2/c18-15-8-4-3-7-14(15)16(20)11-19-10-9-12-5-1-2-6-13(12)17(19)21/h1-8H,9-11H2. The number of ketones is 1. The number of hydrogen-bond acceptors (Lipinski definition) is 2. The Bertz CT molecular complexity index is 711. The number of Topliss-reactive ketones (excluding diaryl/α,β-unsaturated/α-hetero) is 1. The van der Waals surface area contributed by atoms with E-state index in [1.165, 1.54) is 0 Å². The van der Waals surface area contributed by atoms with Gasteiger partial charge in [0.15, 0.2) is 5.78 Å². The van der Waals surface area contributed by atoms with E-state index in [0.29, 0.717) is 22.7 Å². The van der Waals surface area contributed by atoms with Crippen LogP contribution < -0.4 is 0 Å². The molecule has 4 heteroatoms. The second-order valence-electron chi connectivity index (χ2n) is 5.04. The lowest BCUT2D eigenvalue weighted by atomic mass is 9.98. The summed E-state index contributed by atoms with van der Waals surface area (Å²) in [5.41, 5.74) is 2.20. The summed E-state index contributed by atoms with van der Waals surface area (Å²) in [6, 6.07) is 14.5. The van der Waals surface area contributed by atoms with E-state index in [2.05, 4.69) is 0 Å². The zero-order valence-corrected chi connectivity index (χ0v) is 12.1. The zero-order valence-electron chi connectivity index (χ0n) is 11.4. The van der Waals surface area contributed by atoms with Crippen molar-refractivity contribution in [3.63, 3.8) is 0 Å². The summed E-state index contributed by atoms with van der Waals surface area (Å²) >= 11 is 6.03. The molecular formula is C17H14ClNO2. The molecule has 0 aliphatic carbocycles. The van der Waals surface area contributed by atoms with Gasteiger partial charge in [0.1, 0.15) is 0 Å². The summed E-state index contributed by atoms with van der Waals surface area (Å²) < 4.78 is 0. The molecule has 21 heavy (non-hydrogen) atoms. The minimum atomic E-state index is -0.131. The third kappa shape index (κ3) is 2.69. The Morgan fingerprint density at radius 1 is 1.10 bits per heavy atom. The maximum absolute atomic E-state index is 12.4. The van der Waals surface area contributed by atoms with Gasteiger partial charge in [0.2, 0.25) is 0 Å². The average Bonchev–Trinajstić information content (AvgIpc) is 2.51. The highest BCUT2D eigenvalue weighted by Crippen LogP contribution is 2.20. The Labute approximate surface area is 128 Å². The lowest BCUT2D eigenvalue weighted by Gasteiger charge is -2.28. The van der Waals surface area contributed by atoms with E-state index in [-0.39, 0.29) is 18.2 Å². The number of fused-ring (bicyclic) bond motifs is 1. The molecule has 1 aliphatic rings. The summed E-state index contributed by atoms with van der Waals surface area (Å²) in [5.74, 6) is -0.217. The van der Waals surface area contributed by atoms with E-state index in [1.807, 2.05) is 24.3 Å². The van der Waals surface area contributed by atoms with E-state index in [9.17, 15) is 9.59 Å². The molecule has 1 heterocycles. The van der Waals surface area contributed by atoms with Crippen molar-refractivity contribution < 1.29 is 9.59 Å². The second-order valence-corrected chi connectivity index (χ2v) is 5.44. The van der Waals surface area contributed by atoms with Gasteiger partial charge in [-0.2, -0.15) is 0 Å². The fraction of sp³-hybridized carbons (Fsp3) is 0.176. The first-order chi connectivity index (χ1) is 10.2. The summed E-state index contributed by atoms with van der Waals surface area (Å²) in [4.78, 5) is 26.3. The molecule has 0 bridgehead atoms. The zero-order chi connectivity index (χ0) is 14.8. The van der Waals surface area contributed by atoms with Crippen molar-refractivity contribution in [3.8, 4) is 0 Å². The molecule has 0 aromatic heterocycles. The molecule has 2 aromatic carbocycles. The molecule has 0 saturated heterocycles. The molecule has 0 N–H and O–H groups in total. The van der Waals surface area contributed by atoms with Crippen LogP contribution in [0.1, 0.15) is 26.3 Å². The van der Waals surface area contributed by atoms with Gasteiger partial charge in [-0.1, -0.05) is 41.9 Å². The topological polar surface area (TPSA) is 37.4 Å². The Balaban J connectivity index is 1.80. The van der Waals surface area contributed by atoms with Crippen LogP contribution in [0.15, 0.2) is 48.5 Å². The maximum Gasteiger partial charge on any atom is 0.254 e. The van der Waals surface area contributed by atoms with Gasteiger partial charge in [-0.15, -0.1) is 0 Å². The molecular weight excluding hydrogens is 286 g/mol. The van der Waals surface area contributed by atoms with Gasteiger partial charge in [-0.3, -0.25) is 9.59 Å². The van der Waals surface area contributed by atoms with Gasteiger partial charge < -0.3 is 4.90 Å². The maximum atomic E-state index is 12.4. The SMILES string of the molecule is O=C(CN1CCc2ccccc2C1=O)c1ccccc1Cl. The van der Waals surface area contributed by atoms with Crippen LogP contribution in [0.3, 0.4) is 0 Å². The van der Waals surface area contributed by atoms with Crippen LogP contribution in [0.5, 0.6) is 0 Å². The van der Waals surface area contributed by atoms with E-state index < -0.39 is 0 Å². The molecule has 0 spiro atoms. The van der Waals surface area contributed by atoms with Crippen LogP contribution in [0.25, 0.3) is 0 Å². The molecule has 1 aliphatic heterocycles. The molecule has 106 valence electrons. The molecule has 0 unspecified atom stereocenters. The summed E-state index contributed by atoms with van der Waals surface area (Å²) in [5, 5.41) is 0.423. The van der Waals surface area contributed by atoms with Crippen LogP contribution in [-0.2, 0) is 6.42 Å². The number of nitrogens with zero attached hydrogens (tertiary/aromatic N) is 1. The number of halogens is 1. The van der Waals surface area contributed by atoms with Crippen molar-refractivity contribution in [3.05, 3.63) is 70.2 Å². The van der Waals surface area contributed by atoms with Crippen molar-refractivity contribution >= 4 is 23.3 Å². The number of carbonyl (C=O) groups excluding carboxylic acids is 2. The second kappa shape index (κ2) is 5.70. The monoisotopic (exact) mass is 299 g/mol. The van der Waals surface area contributed by atoms with Gasteiger partial charge in [0.05, 0.1) is 11.6 Å². The van der Waals surface area contributed by atoms with E-state index in [0.717, 1.165) is 12.0 Å². The minimum absolute atomic E-state index is 0.0664. The molecule has 3 rings (SSSR count). The Morgan fingerprint density at radius 2 is 1.81 bits per heavy atom. The van der Waals surface area contributed by atoms with Gasteiger partial charge in [0, 0.05) is 17.7 Å². The van der Waals surface area contributed by atoms with Gasteiger partial charge >= 0.3 is 0 Å². The summed E-state index contributed by atoms with van der Waals surface area (Å²) in [6.45, 7) is 0.628. The first-order valence-electron chi connectivity index (χ1n) is 6.82. The van der Waals surface area contributed by atoms with Gasteiger partial charge in [-0.05, 0) is 30.2 Å². The van der Waals surface area contributed by atoms with Crippen LogP contribution in [0, 0.1) is 0 Å². The number of hydrogen-bond donors (Lipinski definition) is 0. The van der Waals surface area contributed by atoms with Crippen molar-refractivity contribution in [1.82, 2.24) is 4.90 Å². The lowest BCUT2D eigenvalue weighted by Crippen LogP contribution is -2.40. The van der Waals surface area contributed by atoms with Crippen molar-refractivity contribution in [2.75, 3.05) is 13.1 Å². The smallest absolute Gasteiger partial charge is 0.254 e. The van der Waals surface area contributed by atoms with Crippen LogP contribution in [-0.4, -0.2) is 29.7 Å².